The average Bonchev–Trinajstić information content (AvgIpc) is 3.02. The number of pyridine rings is 1. The Morgan fingerprint density at radius 1 is 1.12 bits per heavy atom. The summed E-state index contributed by atoms with van der Waals surface area (Å²) in [6.45, 7) is 1.73. The van der Waals surface area contributed by atoms with Gasteiger partial charge in [-0.3, -0.25) is 4.79 Å². The van der Waals surface area contributed by atoms with E-state index in [1.165, 1.54) is 10.9 Å². The Bertz CT molecular complexity index is 891. The lowest BCUT2D eigenvalue weighted by atomic mass is 10.1. The molecule has 0 aliphatic heterocycles. The van der Waals surface area contributed by atoms with Gasteiger partial charge in [-0.15, -0.1) is 0 Å². The molecule has 3 rings (SSSR count). The zero-order chi connectivity index (χ0) is 17.8. The minimum atomic E-state index is -1.13. The molecule has 2 aromatic heterocycles. The second kappa shape index (κ2) is 6.96. The zero-order valence-corrected chi connectivity index (χ0v) is 13.5. The molecule has 0 bridgehead atoms. The van der Waals surface area contributed by atoms with Crippen LogP contribution in [-0.2, 0) is 4.79 Å². The van der Waals surface area contributed by atoms with Gasteiger partial charge in [-0.25, -0.2) is 14.5 Å². The molecule has 2 heterocycles. The van der Waals surface area contributed by atoms with E-state index in [-0.39, 0.29) is 0 Å². The van der Waals surface area contributed by atoms with E-state index in [1.54, 1.807) is 55.6 Å². The molecular weight excluding hydrogens is 320 g/mol. The topological polar surface area (TPSA) is 97.1 Å². The minimum absolute atomic E-state index is 0.299. The van der Waals surface area contributed by atoms with Gasteiger partial charge in [0.25, 0.3) is 5.91 Å². The van der Waals surface area contributed by atoms with Crippen LogP contribution in [0.2, 0.25) is 0 Å². The zero-order valence-electron chi connectivity index (χ0n) is 13.5. The summed E-state index contributed by atoms with van der Waals surface area (Å²) in [7, 11) is 0. The van der Waals surface area contributed by atoms with Crippen LogP contribution in [0.25, 0.3) is 5.82 Å². The highest BCUT2D eigenvalue weighted by atomic mass is 16.4. The summed E-state index contributed by atoms with van der Waals surface area (Å²) in [5.41, 5.74) is 1.37. The summed E-state index contributed by atoms with van der Waals surface area (Å²) in [6, 6.07) is 12.8. The molecule has 0 fully saturated rings. The molecule has 7 nitrogen and oxygen atoms in total. The lowest BCUT2D eigenvalue weighted by Gasteiger charge is -2.14. The minimum Gasteiger partial charge on any atom is -0.479 e. The smallest absolute Gasteiger partial charge is 0.330 e. The van der Waals surface area contributed by atoms with Crippen LogP contribution in [0.4, 0.5) is 0 Å². The molecule has 1 aromatic carbocycles. The first-order chi connectivity index (χ1) is 12.1. The van der Waals surface area contributed by atoms with Gasteiger partial charge in [-0.05, 0) is 24.6 Å². The summed E-state index contributed by atoms with van der Waals surface area (Å²) in [5.74, 6) is -1.05. The third-order valence-corrected chi connectivity index (χ3v) is 3.78. The lowest BCUT2D eigenvalue weighted by Crippen LogP contribution is -2.34. The van der Waals surface area contributed by atoms with E-state index in [1.807, 2.05) is 6.07 Å². The summed E-state index contributed by atoms with van der Waals surface area (Å²) in [6.07, 6.45) is 3.04. The summed E-state index contributed by atoms with van der Waals surface area (Å²) < 4.78 is 1.53. The molecule has 0 saturated heterocycles. The van der Waals surface area contributed by atoms with E-state index >= 15 is 0 Å². The van der Waals surface area contributed by atoms with Crippen molar-refractivity contribution in [3.05, 3.63) is 77.7 Å². The van der Waals surface area contributed by atoms with Crippen LogP contribution in [0.15, 0.2) is 60.9 Å². The number of carboxylic acid groups (broad SMARTS) is 1. The van der Waals surface area contributed by atoms with E-state index in [0.717, 1.165) is 0 Å². The fourth-order valence-electron chi connectivity index (χ4n) is 2.48. The van der Waals surface area contributed by atoms with Crippen molar-refractivity contribution >= 4 is 11.9 Å². The van der Waals surface area contributed by atoms with Crippen molar-refractivity contribution in [2.75, 3.05) is 0 Å². The Labute approximate surface area is 143 Å². The maximum atomic E-state index is 12.6. The fourth-order valence-corrected chi connectivity index (χ4v) is 2.48. The fraction of sp³-hybridized carbons (Fsp3) is 0.111. The van der Waals surface area contributed by atoms with Gasteiger partial charge in [0.2, 0.25) is 0 Å². The van der Waals surface area contributed by atoms with Crippen molar-refractivity contribution in [2.24, 2.45) is 0 Å². The predicted octanol–water partition coefficient (Wildman–Crippen LogP) is 2.13. The van der Waals surface area contributed by atoms with Crippen LogP contribution >= 0.6 is 0 Å². The van der Waals surface area contributed by atoms with Crippen molar-refractivity contribution < 1.29 is 14.7 Å². The van der Waals surface area contributed by atoms with Crippen LogP contribution < -0.4 is 5.32 Å². The highest BCUT2D eigenvalue weighted by molar-refractivity contribution is 5.97. The van der Waals surface area contributed by atoms with Crippen LogP contribution in [0.3, 0.4) is 0 Å². The third-order valence-electron chi connectivity index (χ3n) is 3.78. The molecule has 126 valence electrons. The normalized spacial score (nSPS) is 11.7. The van der Waals surface area contributed by atoms with E-state index in [2.05, 4.69) is 15.4 Å². The number of hydrogen-bond acceptors (Lipinski definition) is 4. The number of amides is 1. The number of carboxylic acids is 1. The van der Waals surface area contributed by atoms with Gasteiger partial charge in [0, 0.05) is 6.20 Å². The molecule has 0 unspecified atom stereocenters. The molecule has 1 amide bonds. The molecule has 0 spiro atoms. The first-order valence-corrected chi connectivity index (χ1v) is 7.62. The maximum Gasteiger partial charge on any atom is 0.330 e. The summed E-state index contributed by atoms with van der Waals surface area (Å²) in [5, 5.41) is 16.1. The third kappa shape index (κ3) is 3.40. The van der Waals surface area contributed by atoms with Gasteiger partial charge in [0.05, 0.1) is 17.5 Å². The summed E-state index contributed by atoms with van der Waals surface area (Å²) in [4.78, 5) is 28.3. The lowest BCUT2D eigenvalue weighted by molar-refractivity contribution is -0.139. The van der Waals surface area contributed by atoms with Crippen LogP contribution in [-0.4, -0.2) is 31.7 Å². The molecule has 1 atom stereocenters. The second-order valence-corrected chi connectivity index (χ2v) is 5.40. The summed E-state index contributed by atoms with van der Waals surface area (Å²) >= 11 is 0. The largest absolute Gasteiger partial charge is 0.479 e. The quantitative estimate of drug-likeness (QED) is 0.744. The van der Waals surface area contributed by atoms with Crippen molar-refractivity contribution in [3.8, 4) is 5.82 Å². The Hall–Kier alpha value is -3.48. The van der Waals surface area contributed by atoms with E-state index < -0.39 is 17.9 Å². The first-order valence-electron chi connectivity index (χ1n) is 7.62. The molecular formula is C18H16N4O3. The standard InChI is InChI=1S/C18H16N4O3/c1-12-14(11-20-22(12)15-9-5-6-10-19-15)17(23)21-16(18(24)25)13-7-3-2-4-8-13/h2-11,16H,1H3,(H,21,23)(H,24,25)/t16-/m0/s1. The molecule has 0 aliphatic rings. The molecule has 0 aliphatic carbocycles. The van der Waals surface area contributed by atoms with Crippen molar-refractivity contribution in [2.45, 2.75) is 13.0 Å². The van der Waals surface area contributed by atoms with Crippen molar-refractivity contribution in [1.29, 1.82) is 0 Å². The number of carbonyl (C=O) groups excluding carboxylic acids is 1. The van der Waals surface area contributed by atoms with Gasteiger partial charge in [-0.2, -0.15) is 5.10 Å². The average molecular weight is 336 g/mol. The van der Waals surface area contributed by atoms with Crippen LogP contribution in [0.1, 0.15) is 27.7 Å². The first kappa shape index (κ1) is 16.4. The van der Waals surface area contributed by atoms with Gasteiger partial charge in [0.1, 0.15) is 0 Å². The predicted molar refractivity (Wildman–Crippen MR) is 90.4 cm³/mol. The van der Waals surface area contributed by atoms with Crippen molar-refractivity contribution in [1.82, 2.24) is 20.1 Å². The monoisotopic (exact) mass is 336 g/mol. The number of aliphatic carboxylic acids is 1. The SMILES string of the molecule is Cc1c(C(=O)N[C@H](C(=O)O)c2ccccc2)cnn1-c1ccccn1. The molecule has 7 heteroatoms. The molecule has 3 aromatic rings. The number of benzene rings is 1. The number of hydrogen-bond donors (Lipinski definition) is 2. The van der Waals surface area contributed by atoms with Crippen LogP contribution in [0, 0.1) is 6.92 Å². The van der Waals surface area contributed by atoms with Gasteiger partial charge in [0.15, 0.2) is 11.9 Å². The van der Waals surface area contributed by atoms with Crippen molar-refractivity contribution in [3.63, 3.8) is 0 Å². The van der Waals surface area contributed by atoms with E-state index in [9.17, 15) is 14.7 Å². The molecule has 0 radical (unpaired) electrons. The Kier molecular flexibility index (Phi) is 4.56. The number of rotatable bonds is 5. The molecule has 25 heavy (non-hydrogen) atoms. The Morgan fingerprint density at radius 3 is 2.48 bits per heavy atom. The highest BCUT2D eigenvalue weighted by Crippen LogP contribution is 2.16. The van der Waals surface area contributed by atoms with Crippen LogP contribution in [0.5, 0.6) is 0 Å². The number of carbonyl (C=O) groups is 2. The van der Waals surface area contributed by atoms with Gasteiger partial charge in [-0.1, -0.05) is 36.4 Å². The Morgan fingerprint density at radius 2 is 1.84 bits per heavy atom. The molecule has 2 N–H and O–H groups in total. The van der Waals surface area contributed by atoms with E-state index in [0.29, 0.717) is 22.6 Å². The van der Waals surface area contributed by atoms with Gasteiger partial charge < -0.3 is 10.4 Å². The van der Waals surface area contributed by atoms with E-state index in [4.69, 9.17) is 0 Å². The number of nitrogens with one attached hydrogen (secondary N) is 1. The number of aromatic nitrogens is 3. The van der Waals surface area contributed by atoms with Gasteiger partial charge >= 0.3 is 5.97 Å². The molecule has 0 saturated carbocycles. The number of nitrogens with zero attached hydrogens (tertiary/aromatic N) is 3. The second-order valence-electron chi connectivity index (χ2n) is 5.40. The maximum absolute atomic E-state index is 12.6. The highest BCUT2D eigenvalue weighted by Gasteiger charge is 2.24. The Balaban J connectivity index is 1.86.